The lowest BCUT2D eigenvalue weighted by Gasteiger charge is -2.38. The third kappa shape index (κ3) is 5.77. The van der Waals surface area contributed by atoms with Crippen molar-refractivity contribution in [2.75, 3.05) is 19.6 Å². The maximum Gasteiger partial charge on any atom is 0.240 e. The molecule has 0 aromatic heterocycles. The third-order valence-corrected chi connectivity index (χ3v) is 6.71. The summed E-state index contributed by atoms with van der Waals surface area (Å²) in [7, 11) is -3.62. The molecular formula is C20H33N3O3S. The normalized spacial score (nSPS) is 21.3. The summed E-state index contributed by atoms with van der Waals surface area (Å²) in [4.78, 5) is 14.5. The monoisotopic (exact) mass is 395 g/mol. The highest BCUT2D eigenvalue weighted by atomic mass is 32.2. The Morgan fingerprint density at radius 1 is 1.26 bits per heavy atom. The zero-order chi connectivity index (χ0) is 20.2. The second kappa shape index (κ2) is 8.71. The Morgan fingerprint density at radius 3 is 2.44 bits per heavy atom. The smallest absolute Gasteiger partial charge is 0.240 e. The summed E-state index contributed by atoms with van der Waals surface area (Å²) in [6.45, 7) is 9.64. The zero-order valence-electron chi connectivity index (χ0n) is 16.9. The van der Waals surface area contributed by atoms with Gasteiger partial charge in [0.05, 0.1) is 4.90 Å². The van der Waals surface area contributed by atoms with Crippen molar-refractivity contribution in [3.05, 3.63) is 29.8 Å². The van der Waals surface area contributed by atoms with Crippen LogP contribution in [0, 0.1) is 5.92 Å². The van der Waals surface area contributed by atoms with Crippen molar-refractivity contribution >= 4 is 15.9 Å². The maximum atomic E-state index is 12.5. The standard InChI is InChI=1S/C20H33N3O3S/c1-15-10-12-23(17(13-15)14-21)19(24)9-11-22-27(25,26)18-7-5-16(6-8-18)20(2,3)4/h5-8,15,17,22H,9-14,21H2,1-4H3. The molecule has 1 amide bonds. The second-order valence-electron chi connectivity index (χ2n) is 8.53. The van der Waals surface area contributed by atoms with Crippen molar-refractivity contribution in [2.45, 2.75) is 63.3 Å². The fraction of sp³-hybridized carbons (Fsp3) is 0.650. The Hall–Kier alpha value is -1.44. The molecular weight excluding hydrogens is 362 g/mol. The number of piperidine rings is 1. The van der Waals surface area contributed by atoms with Crippen LogP contribution in [0.3, 0.4) is 0 Å². The molecule has 1 fully saturated rings. The highest BCUT2D eigenvalue weighted by Gasteiger charge is 2.28. The number of nitrogens with two attached hydrogens (primary N) is 1. The Balaban J connectivity index is 1.92. The highest BCUT2D eigenvalue weighted by Crippen LogP contribution is 2.24. The molecule has 0 spiro atoms. The summed E-state index contributed by atoms with van der Waals surface area (Å²) >= 11 is 0. The van der Waals surface area contributed by atoms with Gasteiger partial charge in [0.2, 0.25) is 15.9 Å². The van der Waals surface area contributed by atoms with Crippen LogP contribution >= 0.6 is 0 Å². The molecule has 1 aromatic carbocycles. The van der Waals surface area contributed by atoms with E-state index in [4.69, 9.17) is 5.73 Å². The lowest BCUT2D eigenvalue weighted by molar-refractivity contribution is -0.135. The predicted octanol–water partition coefficient (Wildman–Crippen LogP) is 2.24. The molecule has 6 nitrogen and oxygen atoms in total. The van der Waals surface area contributed by atoms with E-state index >= 15 is 0 Å². The first-order valence-electron chi connectivity index (χ1n) is 9.64. The molecule has 1 aromatic rings. The molecule has 1 heterocycles. The average molecular weight is 396 g/mol. The number of amides is 1. The molecule has 0 radical (unpaired) electrons. The van der Waals surface area contributed by atoms with Crippen molar-refractivity contribution in [3.63, 3.8) is 0 Å². The van der Waals surface area contributed by atoms with Gasteiger partial charge >= 0.3 is 0 Å². The topological polar surface area (TPSA) is 92.5 Å². The number of likely N-dealkylation sites (tertiary alicyclic amines) is 1. The maximum absolute atomic E-state index is 12.5. The first-order chi connectivity index (χ1) is 12.5. The number of carbonyl (C=O) groups excluding carboxylic acids is 1. The molecule has 2 unspecified atom stereocenters. The van der Waals surface area contributed by atoms with E-state index in [0.29, 0.717) is 19.0 Å². The lowest BCUT2D eigenvalue weighted by Crippen LogP contribution is -2.49. The van der Waals surface area contributed by atoms with Gasteiger partial charge in [-0.05, 0) is 41.9 Å². The highest BCUT2D eigenvalue weighted by molar-refractivity contribution is 7.89. The molecule has 27 heavy (non-hydrogen) atoms. The van der Waals surface area contributed by atoms with Gasteiger partial charge in [-0.15, -0.1) is 0 Å². The molecule has 2 rings (SSSR count). The molecule has 1 aliphatic rings. The number of hydrogen-bond acceptors (Lipinski definition) is 4. The number of nitrogens with one attached hydrogen (secondary N) is 1. The van der Waals surface area contributed by atoms with Gasteiger partial charge in [0, 0.05) is 32.1 Å². The largest absolute Gasteiger partial charge is 0.338 e. The molecule has 0 aliphatic carbocycles. The molecule has 7 heteroatoms. The van der Waals surface area contributed by atoms with Gasteiger partial charge in [0.15, 0.2) is 0 Å². The van der Waals surface area contributed by atoms with Crippen LogP contribution in [0.25, 0.3) is 0 Å². The van der Waals surface area contributed by atoms with Crippen LogP contribution in [-0.4, -0.2) is 44.9 Å². The first-order valence-corrected chi connectivity index (χ1v) is 11.1. The SMILES string of the molecule is CC1CCN(C(=O)CCNS(=O)(=O)c2ccc(C(C)(C)C)cc2)C(CN)C1. The lowest BCUT2D eigenvalue weighted by atomic mass is 9.87. The van der Waals surface area contributed by atoms with E-state index in [-0.39, 0.29) is 35.2 Å². The summed E-state index contributed by atoms with van der Waals surface area (Å²) in [5.74, 6) is 0.528. The van der Waals surface area contributed by atoms with E-state index in [1.54, 1.807) is 12.1 Å². The van der Waals surface area contributed by atoms with Gasteiger partial charge in [-0.1, -0.05) is 39.8 Å². The number of nitrogens with zero attached hydrogens (tertiary/aromatic N) is 1. The van der Waals surface area contributed by atoms with E-state index in [0.717, 1.165) is 18.4 Å². The number of hydrogen-bond donors (Lipinski definition) is 2. The summed E-state index contributed by atoms with van der Waals surface area (Å²) in [6, 6.07) is 6.95. The van der Waals surface area contributed by atoms with E-state index in [2.05, 4.69) is 32.4 Å². The fourth-order valence-electron chi connectivity index (χ4n) is 3.46. The number of rotatable bonds is 6. The van der Waals surface area contributed by atoms with Crippen molar-refractivity contribution < 1.29 is 13.2 Å². The minimum Gasteiger partial charge on any atom is -0.338 e. The van der Waals surface area contributed by atoms with Crippen LogP contribution in [-0.2, 0) is 20.2 Å². The average Bonchev–Trinajstić information content (AvgIpc) is 2.60. The minimum absolute atomic E-state index is 0.0341. The number of carbonyl (C=O) groups is 1. The Labute approximate surface area is 163 Å². The summed E-state index contributed by atoms with van der Waals surface area (Å²) in [5, 5.41) is 0. The summed E-state index contributed by atoms with van der Waals surface area (Å²) in [5.41, 5.74) is 6.84. The van der Waals surface area contributed by atoms with Gasteiger partial charge in [-0.25, -0.2) is 13.1 Å². The Bertz CT molecular complexity index is 739. The van der Waals surface area contributed by atoms with E-state index < -0.39 is 10.0 Å². The summed E-state index contributed by atoms with van der Waals surface area (Å²) < 4.78 is 27.5. The summed E-state index contributed by atoms with van der Waals surface area (Å²) in [6.07, 6.45) is 2.02. The fourth-order valence-corrected chi connectivity index (χ4v) is 4.49. The van der Waals surface area contributed by atoms with E-state index in [1.807, 2.05) is 17.0 Å². The van der Waals surface area contributed by atoms with Gasteiger partial charge in [-0.2, -0.15) is 0 Å². The molecule has 1 saturated heterocycles. The van der Waals surface area contributed by atoms with E-state index in [9.17, 15) is 13.2 Å². The van der Waals surface area contributed by atoms with Crippen LogP contribution in [0.1, 0.15) is 52.5 Å². The molecule has 3 N–H and O–H groups in total. The van der Waals surface area contributed by atoms with Gasteiger partial charge in [0.1, 0.15) is 0 Å². The van der Waals surface area contributed by atoms with Crippen LogP contribution in [0.2, 0.25) is 0 Å². The second-order valence-corrected chi connectivity index (χ2v) is 10.3. The van der Waals surface area contributed by atoms with Crippen LogP contribution in [0.5, 0.6) is 0 Å². The Morgan fingerprint density at radius 2 is 1.89 bits per heavy atom. The van der Waals surface area contributed by atoms with Crippen molar-refractivity contribution in [2.24, 2.45) is 11.7 Å². The number of sulfonamides is 1. The van der Waals surface area contributed by atoms with Crippen LogP contribution < -0.4 is 10.5 Å². The molecule has 0 saturated carbocycles. The van der Waals surface area contributed by atoms with Gasteiger partial charge < -0.3 is 10.6 Å². The van der Waals surface area contributed by atoms with Gasteiger partial charge in [-0.3, -0.25) is 4.79 Å². The predicted molar refractivity (Wildman–Crippen MR) is 108 cm³/mol. The third-order valence-electron chi connectivity index (χ3n) is 5.23. The van der Waals surface area contributed by atoms with Crippen molar-refractivity contribution in [3.8, 4) is 0 Å². The van der Waals surface area contributed by atoms with E-state index in [1.165, 1.54) is 0 Å². The molecule has 2 atom stereocenters. The quantitative estimate of drug-likeness (QED) is 0.773. The van der Waals surface area contributed by atoms with Crippen molar-refractivity contribution in [1.82, 2.24) is 9.62 Å². The Kier molecular flexibility index (Phi) is 7.05. The molecule has 0 bridgehead atoms. The molecule has 1 aliphatic heterocycles. The van der Waals surface area contributed by atoms with Crippen LogP contribution in [0.15, 0.2) is 29.2 Å². The number of benzene rings is 1. The first kappa shape index (κ1) is 21.9. The molecule has 152 valence electrons. The minimum atomic E-state index is -3.62. The van der Waals surface area contributed by atoms with Crippen LogP contribution in [0.4, 0.5) is 0 Å². The zero-order valence-corrected chi connectivity index (χ0v) is 17.7. The van der Waals surface area contributed by atoms with Crippen molar-refractivity contribution in [1.29, 1.82) is 0 Å². The van der Waals surface area contributed by atoms with Gasteiger partial charge in [0.25, 0.3) is 0 Å².